The Bertz CT molecular complexity index is 411. The van der Waals surface area contributed by atoms with Crippen LogP contribution in [0.4, 0.5) is 5.69 Å². The van der Waals surface area contributed by atoms with E-state index in [4.69, 9.17) is 16.3 Å². The standard InChI is InChI=1S/C14H20ClNO2/c1-10-6-7-16(8-14(10)18-2)13-5-3-4-12(15)11(13)9-17/h3-5,10,14,17H,6-9H2,1-2H3. The van der Waals surface area contributed by atoms with Gasteiger partial charge in [0.25, 0.3) is 0 Å². The number of methoxy groups -OCH3 is 1. The second kappa shape index (κ2) is 5.91. The number of halogens is 1. The summed E-state index contributed by atoms with van der Waals surface area (Å²) in [5.74, 6) is 0.572. The van der Waals surface area contributed by atoms with E-state index in [1.54, 1.807) is 7.11 Å². The van der Waals surface area contributed by atoms with Crippen LogP contribution in [0, 0.1) is 5.92 Å². The van der Waals surface area contributed by atoms with Gasteiger partial charge >= 0.3 is 0 Å². The Morgan fingerprint density at radius 1 is 1.50 bits per heavy atom. The van der Waals surface area contributed by atoms with Crippen molar-refractivity contribution in [3.8, 4) is 0 Å². The van der Waals surface area contributed by atoms with Gasteiger partial charge in [0.2, 0.25) is 0 Å². The summed E-state index contributed by atoms with van der Waals surface area (Å²) in [6, 6.07) is 5.76. The van der Waals surface area contributed by atoms with E-state index < -0.39 is 0 Å². The summed E-state index contributed by atoms with van der Waals surface area (Å²) in [6.45, 7) is 4.02. The lowest BCUT2D eigenvalue weighted by Crippen LogP contribution is -2.44. The quantitative estimate of drug-likeness (QED) is 0.916. The summed E-state index contributed by atoms with van der Waals surface area (Å²) in [4.78, 5) is 2.26. The lowest BCUT2D eigenvalue weighted by Gasteiger charge is -2.38. The van der Waals surface area contributed by atoms with Crippen molar-refractivity contribution in [2.24, 2.45) is 5.92 Å². The van der Waals surface area contributed by atoms with Crippen LogP contribution in [0.1, 0.15) is 18.9 Å². The maximum atomic E-state index is 9.46. The zero-order chi connectivity index (χ0) is 13.1. The van der Waals surface area contributed by atoms with Crippen molar-refractivity contribution >= 4 is 17.3 Å². The zero-order valence-electron chi connectivity index (χ0n) is 10.9. The van der Waals surface area contributed by atoms with Gasteiger partial charge in [0.05, 0.1) is 12.7 Å². The van der Waals surface area contributed by atoms with Crippen molar-refractivity contribution in [1.29, 1.82) is 0 Å². The summed E-state index contributed by atoms with van der Waals surface area (Å²) < 4.78 is 5.52. The molecule has 0 aromatic heterocycles. The molecule has 2 unspecified atom stereocenters. The summed E-state index contributed by atoms with van der Waals surface area (Å²) >= 11 is 6.13. The fourth-order valence-electron chi connectivity index (χ4n) is 2.56. The average Bonchev–Trinajstić information content (AvgIpc) is 2.39. The SMILES string of the molecule is COC1CN(c2cccc(Cl)c2CO)CCC1C. The molecular weight excluding hydrogens is 250 g/mol. The number of aliphatic hydroxyl groups excluding tert-OH is 1. The predicted octanol–water partition coefficient (Wildman–Crippen LogP) is 2.69. The third-order valence-electron chi connectivity index (χ3n) is 3.79. The zero-order valence-corrected chi connectivity index (χ0v) is 11.7. The molecule has 0 radical (unpaired) electrons. The van der Waals surface area contributed by atoms with Crippen LogP contribution >= 0.6 is 11.6 Å². The topological polar surface area (TPSA) is 32.7 Å². The van der Waals surface area contributed by atoms with Crippen molar-refractivity contribution in [3.63, 3.8) is 0 Å². The summed E-state index contributed by atoms with van der Waals surface area (Å²) in [7, 11) is 1.76. The Hall–Kier alpha value is -0.770. The van der Waals surface area contributed by atoms with Crippen LogP contribution in [0.2, 0.25) is 5.02 Å². The Morgan fingerprint density at radius 3 is 2.94 bits per heavy atom. The van der Waals surface area contributed by atoms with Crippen LogP contribution in [0.15, 0.2) is 18.2 Å². The first-order valence-electron chi connectivity index (χ1n) is 6.33. The number of aliphatic hydroxyl groups is 1. The number of nitrogens with zero attached hydrogens (tertiary/aromatic N) is 1. The second-order valence-corrected chi connectivity index (χ2v) is 5.29. The normalized spacial score (nSPS) is 24.3. The van der Waals surface area contributed by atoms with E-state index in [0.29, 0.717) is 10.9 Å². The van der Waals surface area contributed by atoms with Crippen LogP contribution in [-0.4, -0.2) is 31.4 Å². The van der Waals surface area contributed by atoms with Crippen molar-refractivity contribution in [2.45, 2.75) is 26.1 Å². The highest BCUT2D eigenvalue weighted by molar-refractivity contribution is 6.31. The minimum Gasteiger partial charge on any atom is -0.392 e. The Labute approximate surface area is 113 Å². The Balaban J connectivity index is 2.24. The molecule has 3 nitrogen and oxygen atoms in total. The van der Waals surface area contributed by atoms with Gasteiger partial charge in [-0.2, -0.15) is 0 Å². The van der Waals surface area contributed by atoms with E-state index in [-0.39, 0.29) is 12.7 Å². The van der Waals surface area contributed by atoms with E-state index in [1.807, 2.05) is 18.2 Å². The van der Waals surface area contributed by atoms with Gasteiger partial charge < -0.3 is 14.7 Å². The Kier molecular flexibility index (Phi) is 4.49. The third-order valence-corrected chi connectivity index (χ3v) is 4.14. The van der Waals surface area contributed by atoms with Crippen molar-refractivity contribution < 1.29 is 9.84 Å². The minimum absolute atomic E-state index is 0.0291. The fourth-order valence-corrected chi connectivity index (χ4v) is 2.79. The van der Waals surface area contributed by atoms with E-state index in [9.17, 15) is 5.11 Å². The fraction of sp³-hybridized carbons (Fsp3) is 0.571. The molecule has 1 aliphatic heterocycles. The van der Waals surface area contributed by atoms with Crippen molar-refractivity contribution in [1.82, 2.24) is 0 Å². The largest absolute Gasteiger partial charge is 0.392 e. The van der Waals surface area contributed by atoms with E-state index >= 15 is 0 Å². The van der Waals surface area contributed by atoms with Gasteiger partial charge in [-0.05, 0) is 24.5 Å². The van der Waals surface area contributed by atoms with E-state index in [1.165, 1.54) is 0 Å². The summed E-state index contributed by atoms with van der Waals surface area (Å²) in [5, 5.41) is 10.1. The molecule has 2 rings (SSSR count). The molecule has 1 fully saturated rings. The highest BCUT2D eigenvalue weighted by atomic mass is 35.5. The van der Waals surface area contributed by atoms with Gasteiger partial charge in [-0.3, -0.25) is 0 Å². The van der Waals surface area contributed by atoms with Crippen molar-refractivity contribution in [2.75, 3.05) is 25.1 Å². The predicted molar refractivity (Wildman–Crippen MR) is 74.2 cm³/mol. The monoisotopic (exact) mass is 269 g/mol. The molecule has 4 heteroatoms. The molecule has 2 atom stereocenters. The smallest absolute Gasteiger partial charge is 0.0772 e. The number of ether oxygens (including phenoxy) is 1. The van der Waals surface area contributed by atoms with Crippen LogP contribution in [0.25, 0.3) is 0 Å². The number of hydrogen-bond donors (Lipinski definition) is 1. The lowest BCUT2D eigenvalue weighted by atomic mass is 9.95. The number of piperidine rings is 1. The summed E-state index contributed by atoms with van der Waals surface area (Å²) in [6.07, 6.45) is 1.33. The second-order valence-electron chi connectivity index (χ2n) is 4.88. The molecule has 1 aliphatic rings. The molecule has 0 spiro atoms. The van der Waals surface area contributed by atoms with Crippen LogP contribution in [-0.2, 0) is 11.3 Å². The maximum Gasteiger partial charge on any atom is 0.0772 e. The molecule has 1 N–H and O–H groups in total. The van der Waals surface area contributed by atoms with Crippen LogP contribution in [0.3, 0.4) is 0 Å². The van der Waals surface area contributed by atoms with Gasteiger partial charge in [0.1, 0.15) is 0 Å². The summed E-state index contributed by atoms with van der Waals surface area (Å²) in [5.41, 5.74) is 1.84. The molecule has 0 amide bonds. The van der Waals surface area contributed by atoms with Gasteiger partial charge in [0.15, 0.2) is 0 Å². The molecule has 0 saturated carbocycles. The number of hydrogen-bond acceptors (Lipinski definition) is 3. The van der Waals surface area contributed by atoms with Crippen LogP contribution in [0.5, 0.6) is 0 Å². The minimum atomic E-state index is -0.0291. The molecule has 1 aromatic carbocycles. The molecule has 1 heterocycles. The van der Waals surface area contributed by atoms with Gasteiger partial charge in [-0.1, -0.05) is 24.6 Å². The van der Waals surface area contributed by atoms with Gasteiger partial charge in [-0.25, -0.2) is 0 Å². The third kappa shape index (κ3) is 2.63. The number of anilines is 1. The molecule has 0 bridgehead atoms. The molecule has 0 aliphatic carbocycles. The molecule has 1 saturated heterocycles. The average molecular weight is 270 g/mol. The highest BCUT2D eigenvalue weighted by Crippen LogP contribution is 2.31. The number of benzene rings is 1. The molecular formula is C14H20ClNO2. The highest BCUT2D eigenvalue weighted by Gasteiger charge is 2.27. The molecule has 1 aromatic rings. The lowest BCUT2D eigenvalue weighted by molar-refractivity contribution is 0.0497. The first-order valence-corrected chi connectivity index (χ1v) is 6.71. The van der Waals surface area contributed by atoms with Crippen LogP contribution < -0.4 is 4.90 Å². The molecule has 18 heavy (non-hydrogen) atoms. The first kappa shape index (κ1) is 13.7. The molecule has 100 valence electrons. The van der Waals surface area contributed by atoms with E-state index in [2.05, 4.69) is 11.8 Å². The van der Waals surface area contributed by atoms with E-state index in [0.717, 1.165) is 30.8 Å². The van der Waals surface area contributed by atoms with Crippen molar-refractivity contribution in [3.05, 3.63) is 28.8 Å². The number of rotatable bonds is 3. The maximum absolute atomic E-state index is 9.46. The Morgan fingerprint density at radius 2 is 2.28 bits per heavy atom. The van der Waals surface area contributed by atoms with Gasteiger partial charge in [0, 0.05) is 36.5 Å². The first-order chi connectivity index (χ1) is 8.67. The van der Waals surface area contributed by atoms with Gasteiger partial charge in [-0.15, -0.1) is 0 Å².